The van der Waals surface area contributed by atoms with Crippen molar-refractivity contribution in [2.24, 2.45) is 4.99 Å². The van der Waals surface area contributed by atoms with E-state index in [4.69, 9.17) is 9.47 Å². The van der Waals surface area contributed by atoms with E-state index in [0.29, 0.717) is 26.4 Å². The van der Waals surface area contributed by atoms with Gasteiger partial charge in [-0.1, -0.05) is 23.5 Å². The van der Waals surface area contributed by atoms with Gasteiger partial charge in [0.1, 0.15) is 5.75 Å². The molecule has 1 aliphatic rings. The molecule has 0 fully saturated rings. The number of carbonyl (C=O) groups is 1. The summed E-state index contributed by atoms with van der Waals surface area (Å²) in [5.74, 6) is 0.144. The number of esters is 1. The quantitative estimate of drug-likeness (QED) is 0.559. The highest BCUT2D eigenvalue weighted by Crippen LogP contribution is 2.32. The first kappa shape index (κ1) is 21.7. The molecule has 0 spiro atoms. The van der Waals surface area contributed by atoms with Crippen LogP contribution in [-0.2, 0) is 9.53 Å². The molecule has 1 aromatic carbocycles. The molecule has 164 valence electrons. The summed E-state index contributed by atoms with van der Waals surface area (Å²) in [7, 11) is 1.58. The van der Waals surface area contributed by atoms with E-state index in [2.05, 4.69) is 9.98 Å². The molecule has 2 aromatic heterocycles. The average Bonchev–Trinajstić information content (AvgIpc) is 3.07. The summed E-state index contributed by atoms with van der Waals surface area (Å²) in [4.78, 5) is 35.7. The Morgan fingerprint density at radius 2 is 1.97 bits per heavy atom. The highest BCUT2D eigenvalue weighted by molar-refractivity contribution is 7.07. The number of methoxy groups -OCH3 is 1. The second-order valence-electron chi connectivity index (χ2n) is 7.59. The van der Waals surface area contributed by atoms with Gasteiger partial charge in [-0.3, -0.25) is 14.3 Å². The van der Waals surface area contributed by atoms with E-state index in [1.54, 1.807) is 50.9 Å². The van der Waals surface area contributed by atoms with Crippen LogP contribution in [0.2, 0.25) is 0 Å². The summed E-state index contributed by atoms with van der Waals surface area (Å²) in [6.45, 7) is 5.35. The lowest BCUT2D eigenvalue weighted by Gasteiger charge is -2.25. The van der Waals surface area contributed by atoms with Gasteiger partial charge in [0.15, 0.2) is 4.80 Å². The van der Waals surface area contributed by atoms with Crippen molar-refractivity contribution >= 4 is 23.4 Å². The maximum absolute atomic E-state index is 13.5. The van der Waals surface area contributed by atoms with Crippen LogP contribution >= 0.6 is 11.3 Å². The lowest BCUT2D eigenvalue weighted by Crippen LogP contribution is -2.40. The molecule has 3 heterocycles. The molecule has 1 aliphatic heterocycles. The molecular formula is C24H23N3O4S. The maximum atomic E-state index is 13.5. The number of pyridine rings is 1. The van der Waals surface area contributed by atoms with Crippen molar-refractivity contribution in [3.05, 3.63) is 90.9 Å². The van der Waals surface area contributed by atoms with E-state index in [1.807, 2.05) is 36.4 Å². The third-order valence-electron chi connectivity index (χ3n) is 5.00. The van der Waals surface area contributed by atoms with Crippen molar-refractivity contribution < 1.29 is 14.3 Å². The third-order valence-corrected chi connectivity index (χ3v) is 5.98. The van der Waals surface area contributed by atoms with E-state index in [9.17, 15) is 9.59 Å². The Balaban J connectivity index is 1.96. The van der Waals surface area contributed by atoms with Crippen LogP contribution in [0.15, 0.2) is 69.8 Å². The number of hydrogen-bond acceptors (Lipinski definition) is 7. The Kier molecular flexibility index (Phi) is 6.05. The molecule has 0 N–H and O–H groups in total. The number of benzene rings is 1. The number of fused-ring (bicyclic) bond motifs is 1. The molecule has 0 bridgehead atoms. The van der Waals surface area contributed by atoms with Gasteiger partial charge < -0.3 is 9.47 Å². The molecule has 0 aliphatic carbocycles. The van der Waals surface area contributed by atoms with Crippen molar-refractivity contribution in [2.75, 3.05) is 7.11 Å². The molecule has 3 aromatic rings. The van der Waals surface area contributed by atoms with Gasteiger partial charge in [-0.2, -0.15) is 0 Å². The lowest BCUT2D eigenvalue weighted by atomic mass is 9.95. The third kappa shape index (κ3) is 4.13. The van der Waals surface area contributed by atoms with Crippen LogP contribution in [0, 0.1) is 0 Å². The smallest absolute Gasteiger partial charge is 0.338 e. The van der Waals surface area contributed by atoms with Crippen molar-refractivity contribution in [3.8, 4) is 5.75 Å². The monoisotopic (exact) mass is 449 g/mol. The summed E-state index contributed by atoms with van der Waals surface area (Å²) in [5.41, 5.74) is 2.25. The SMILES string of the molecule is COc1cccc([C@@H]2C(C(=O)OC(C)C)=C(C)N=c3s/c(=C/c4ccncc4)c(=O)n32)c1. The fourth-order valence-electron chi connectivity index (χ4n) is 3.60. The normalized spacial score (nSPS) is 16.0. The highest BCUT2D eigenvalue weighted by atomic mass is 32.1. The number of thiazole rings is 1. The average molecular weight is 450 g/mol. The largest absolute Gasteiger partial charge is 0.497 e. The number of carbonyl (C=O) groups excluding carboxylic acids is 1. The van der Waals surface area contributed by atoms with Gasteiger partial charge in [0.2, 0.25) is 0 Å². The summed E-state index contributed by atoms with van der Waals surface area (Å²) < 4.78 is 13.0. The molecule has 0 saturated carbocycles. The predicted molar refractivity (Wildman–Crippen MR) is 122 cm³/mol. The van der Waals surface area contributed by atoms with E-state index in [1.165, 1.54) is 11.3 Å². The molecular weight excluding hydrogens is 426 g/mol. The summed E-state index contributed by atoms with van der Waals surface area (Å²) >= 11 is 1.29. The fourth-order valence-corrected chi connectivity index (χ4v) is 4.64. The van der Waals surface area contributed by atoms with Gasteiger partial charge in [0.05, 0.1) is 35.1 Å². The summed E-state index contributed by atoms with van der Waals surface area (Å²) in [6.07, 6.45) is 4.85. The molecule has 32 heavy (non-hydrogen) atoms. The zero-order valence-electron chi connectivity index (χ0n) is 18.2. The van der Waals surface area contributed by atoms with Gasteiger partial charge in [-0.15, -0.1) is 0 Å². The van der Waals surface area contributed by atoms with E-state index in [0.717, 1.165) is 11.1 Å². The van der Waals surface area contributed by atoms with Crippen molar-refractivity contribution in [1.29, 1.82) is 0 Å². The topological polar surface area (TPSA) is 82.8 Å². The number of aromatic nitrogens is 2. The van der Waals surface area contributed by atoms with Crippen LogP contribution < -0.4 is 19.6 Å². The van der Waals surface area contributed by atoms with E-state index >= 15 is 0 Å². The minimum absolute atomic E-state index is 0.222. The zero-order chi connectivity index (χ0) is 22.8. The summed E-state index contributed by atoms with van der Waals surface area (Å²) in [5, 5.41) is 0. The van der Waals surface area contributed by atoms with Crippen LogP contribution in [0.4, 0.5) is 0 Å². The van der Waals surface area contributed by atoms with Gasteiger partial charge in [-0.25, -0.2) is 9.79 Å². The molecule has 0 unspecified atom stereocenters. The first-order valence-corrected chi connectivity index (χ1v) is 11.0. The second-order valence-corrected chi connectivity index (χ2v) is 8.60. The molecule has 0 radical (unpaired) electrons. The van der Waals surface area contributed by atoms with Gasteiger partial charge >= 0.3 is 5.97 Å². The van der Waals surface area contributed by atoms with Gasteiger partial charge in [-0.05, 0) is 62.2 Å². The Morgan fingerprint density at radius 3 is 2.66 bits per heavy atom. The standard InChI is InChI=1S/C24H23N3O4S/c1-14(2)31-23(29)20-15(3)26-24-27(21(20)17-6-5-7-18(13-17)30-4)22(28)19(32-24)12-16-8-10-25-11-9-16/h5-14,21H,1-4H3/b19-12+/t21-/m1/s1. The van der Waals surface area contributed by atoms with Crippen molar-refractivity contribution in [3.63, 3.8) is 0 Å². The molecule has 4 rings (SSSR count). The minimum atomic E-state index is -0.674. The Bertz CT molecular complexity index is 1370. The highest BCUT2D eigenvalue weighted by Gasteiger charge is 2.34. The maximum Gasteiger partial charge on any atom is 0.338 e. The second kappa shape index (κ2) is 8.92. The summed E-state index contributed by atoms with van der Waals surface area (Å²) in [6, 6.07) is 10.3. The zero-order valence-corrected chi connectivity index (χ0v) is 19.1. The van der Waals surface area contributed by atoms with Crippen LogP contribution in [0.25, 0.3) is 6.08 Å². The van der Waals surface area contributed by atoms with Crippen LogP contribution in [0.1, 0.15) is 37.9 Å². The predicted octanol–water partition coefficient (Wildman–Crippen LogP) is 2.59. The molecule has 0 amide bonds. The van der Waals surface area contributed by atoms with Gasteiger partial charge in [0.25, 0.3) is 5.56 Å². The van der Waals surface area contributed by atoms with Crippen LogP contribution in [0.5, 0.6) is 5.75 Å². The first-order chi connectivity index (χ1) is 15.4. The van der Waals surface area contributed by atoms with Gasteiger partial charge in [0, 0.05) is 12.4 Å². The number of allylic oxidation sites excluding steroid dienone is 1. The van der Waals surface area contributed by atoms with Crippen LogP contribution in [-0.4, -0.2) is 28.7 Å². The van der Waals surface area contributed by atoms with Crippen molar-refractivity contribution in [1.82, 2.24) is 9.55 Å². The molecule has 1 atom stereocenters. The Labute approximate surface area is 189 Å². The lowest BCUT2D eigenvalue weighted by molar-refractivity contribution is -0.143. The fraction of sp³-hybridized carbons (Fsp3) is 0.250. The minimum Gasteiger partial charge on any atom is -0.497 e. The molecule has 7 nitrogen and oxygen atoms in total. The van der Waals surface area contributed by atoms with E-state index < -0.39 is 12.0 Å². The Hall–Kier alpha value is -3.52. The van der Waals surface area contributed by atoms with Crippen molar-refractivity contribution in [2.45, 2.75) is 32.9 Å². The van der Waals surface area contributed by atoms with E-state index in [-0.39, 0.29) is 11.7 Å². The first-order valence-electron chi connectivity index (χ1n) is 10.2. The molecule has 8 heteroatoms. The number of rotatable bonds is 5. The van der Waals surface area contributed by atoms with Crippen LogP contribution in [0.3, 0.4) is 0 Å². The number of ether oxygens (including phenoxy) is 2. The Morgan fingerprint density at radius 1 is 1.22 bits per heavy atom. The molecule has 0 saturated heterocycles. The number of nitrogens with zero attached hydrogens (tertiary/aromatic N) is 3. The number of hydrogen-bond donors (Lipinski definition) is 0.